The molecule has 0 spiro atoms. The highest BCUT2D eigenvalue weighted by Crippen LogP contribution is 2.25. The molecule has 0 radical (unpaired) electrons. The number of hydrogen-bond donors (Lipinski definition) is 3. The second kappa shape index (κ2) is 11.5. The van der Waals surface area contributed by atoms with Crippen LogP contribution < -0.4 is 10.6 Å². The molecule has 0 amide bonds. The molecule has 1 aliphatic rings. The third kappa shape index (κ3) is 6.02. The van der Waals surface area contributed by atoms with Crippen molar-refractivity contribution >= 4 is 22.9 Å². The molecular formula is C31H33N7O. The van der Waals surface area contributed by atoms with Crippen LogP contribution in [-0.2, 0) is 13.0 Å². The average Bonchev–Trinajstić information content (AvgIpc) is 3.40. The van der Waals surface area contributed by atoms with E-state index >= 15 is 0 Å². The number of nitrogens with zero attached hydrogens (tertiary/aromatic N) is 5. The van der Waals surface area contributed by atoms with Crippen LogP contribution in [0, 0.1) is 0 Å². The van der Waals surface area contributed by atoms with Crippen molar-refractivity contribution in [2.45, 2.75) is 31.8 Å². The predicted molar refractivity (Wildman–Crippen MR) is 155 cm³/mol. The number of aromatic hydroxyl groups is 1. The first-order valence-corrected chi connectivity index (χ1v) is 13.6. The maximum atomic E-state index is 9.57. The lowest BCUT2D eigenvalue weighted by Crippen LogP contribution is -2.39. The zero-order valence-electron chi connectivity index (χ0n) is 21.9. The number of fused-ring (bicyclic) bond motifs is 1. The standard InChI is InChI=1S/C31H33N7O/c39-27-13-11-23(12-14-27)15-18-32-29-28-30(38(22-33-28)26-9-5-2-6-10-26)36-31(35-29)34-25-16-19-37(20-17-25)21-24-7-3-1-4-8-24/h1-14,22,25,39H,15-21H2,(H2,32,34,35,36). The summed E-state index contributed by atoms with van der Waals surface area (Å²) in [5, 5.41) is 16.7. The lowest BCUT2D eigenvalue weighted by molar-refractivity contribution is 0.211. The van der Waals surface area contributed by atoms with Crippen molar-refractivity contribution in [1.29, 1.82) is 0 Å². The van der Waals surface area contributed by atoms with Crippen molar-refractivity contribution in [3.63, 3.8) is 0 Å². The molecule has 5 aromatic rings. The van der Waals surface area contributed by atoms with Gasteiger partial charge in [0, 0.05) is 37.9 Å². The molecule has 198 valence electrons. The fraction of sp³-hybridized carbons (Fsp3) is 0.258. The Bertz CT molecular complexity index is 1500. The maximum Gasteiger partial charge on any atom is 0.227 e. The minimum Gasteiger partial charge on any atom is -0.508 e. The first kappa shape index (κ1) is 24.9. The Hall–Kier alpha value is -4.43. The molecule has 0 atom stereocenters. The van der Waals surface area contributed by atoms with Crippen LogP contribution in [0.4, 0.5) is 11.8 Å². The summed E-state index contributed by atoms with van der Waals surface area (Å²) in [6, 6.07) is 28.4. The SMILES string of the molecule is Oc1ccc(CCNc2nc(NC3CCN(Cc4ccccc4)CC3)nc3c2ncn3-c2ccccc2)cc1. The number of para-hydroxylation sites is 1. The molecule has 2 aromatic heterocycles. The highest BCUT2D eigenvalue weighted by Gasteiger charge is 2.21. The molecule has 6 rings (SSSR count). The van der Waals surface area contributed by atoms with E-state index < -0.39 is 0 Å². The van der Waals surface area contributed by atoms with Gasteiger partial charge in [-0.15, -0.1) is 0 Å². The summed E-state index contributed by atoms with van der Waals surface area (Å²) in [6.07, 6.45) is 4.69. The van der Waals surface area contributed by atoms with Gasteiger partial charge in [0.05, 0.1) is 0 Å². The third-order valence-electron chi connectivity index (χ3n) is 7.24. The first-order chi connectivity index (χ1) is 19.2. The zero-order chi connectivity index (χ0) is 26.4. The second-order valence-electron chi connectivity index (χ2n) is 10.0. The summed E-state index contributed by atoms with van der Waals surface area (Å²) < 4.78 is 2.01. The molecule has 0 bridgehead atoms. The minimum absolute atomic E-state index is 0.275. The number of benzene rings is 3. The van der Waals surface area contributed by atoms with Crippen LogP contribution in [0.5, 0.6) is 5.75 Å². The molecule has 1 saturated heterocycles. The quantitative estimate of drug-likeness (QED) is 0.245. The van der Waals surface area contributed by atoms with Crippen LogP contribution in [0.25, 0.3) is 16.9 Å². The van der Waals surface area contributed by atoms with Gasteiger partial charge >= 0.3 is 0 Å². The van der Waals surface area contributed by atoms with E-state index in [4.69, 9.17) is 9.97 Å². The number of rotatable bonds is 9. The molecule has 0 saturated carbocycles. The van der Waals surface area contributed by atoms with Crippen molar-refractivity contribution in [1.82, 2.24) is 24.4 Å². The summed E-state index contributed by atoms with van der Waals surface area (Å²) in [5.41, 5.74) is 5.02. The molecule has 3 heterocycles. The van der Waals surface area contributed by atoms with Gasteiger partial charge in [0.2, 0.25) is 5.95 Å². The van der Waals surface area contributed by atoms with E-state index in [0.717, 1.165) is 67.1 Å². The van der Waals surface area contributed by atoms with Gasteiger partial charge in [0.25, 0.3) is 0 Å². The van der Waals surface area contributed by atoms with E-state index in [1.807, 2.05) is 41.2 Å². The van der Waals surface area contributed by atoms with Gasteiger partial charge in [-0.05, 0) is 54.7 Å². The molecule has 1 fully saturated rings. The lowest BCUT2D eigenvalue weighted by Gasteiger charge is -2.32. The molecule has 0 unspecified atom stereocenters. The number of aromatic nitrogens is 4. The van der Waals surface area contributed by atoms with E-state index in [-0.39, 0.29) is 5.75 Å². The Labute approximate surface area is 228 Å². The zero-order valence-corrected chi connectivity index (χ0v) is 21.9. The van der Waals surface area contributed by atoms with Gasteiger partial charge in [-0.3, -0.25) is 9.47 Å². The summed E-state index contributed by atoms with van der Waals surface area (Å²) in [6.45, 7) is 3.75. The number of likely N-dealkylation sites (tertiary alicyclic amines) is 1. The van der Waals surface area contributed by atoms with Crippen molar-refractivity contribution in [2.75, 3.05) is 30.3 Å². The summed E-state index contributed by atoms with van der Waals surface area (Å²) in [4.78, 5) is 17.0. The third-order valence-corrected chi connectivity index (χ3v) is 7.24. The van der Waals surface area contributed by atoms with Crippen LogP contribution in [0.2, 0.25) is 0 Å². The molecule has 39 heavy (non-hydrogen) atoms. The number of piperidine rings is 1. The van der Waals surface area contributed by atoms with E-state index in [9.17, 15) is 5.11 Å². The smallest absolute Gasteiger partial charge is 0.227 e. The Kier molecular flexibility index (Phi) is 7.36. The molecule has 3 aromatic carbocycles. The Balaban J connectivity index is 1.19. The monoisotopic (exact) mass is 519 g/mol. The van der Waals surface area contributed by atoms with Gasteiger partial charge in [0.15, 0.2) is 17.0 Å². The molecule has 1 aliphatic heterocycles. The van der Waals surface area contributed by atoms with Crippen LogP contribution in [0.15, 0.2) is 91.3 Å². The normalized spacial score (nSPS) is 14.5. The first-order valence-electron chi connectivity index (χ1n) is 13.6. The molecular weight excluding hydrogens is 486 g/mol. The van der Waals surface area contributed by atoms with Crippen molar-refractivity contribution in [3.8, 4) is 11.4 Å². The van der Waals surface area contributed by atoms with Crippen LogP contribution in [0.3, 0.4) is 0 Å². The van der Waals surface area contributed by atoms with Crippen molar-refractivity contribution in [3.05, 3.63) is 102 Å². The number of phenols is 1. The largest absolute Gasteiger partial charge is 0.508 e. The minimum atomic E-state index is 0.275. The van der Waals surface area contributed by atoms with Crippen molar-refractivity contribution < 1.29 is 5.11 Å². The molecule has 3 N–H and O–H groups in total. The lowest BCUT2D eigenvalue weighted by atomic mass is 10.0. The fourth-order valence-corrected chi connectivity index (χ4v) is 5.11. The van der Waals surface area contributed by atoms with Crippen LogP contribution >= 0.6 is 0 Å². The number of anilines is 2. The maximum absolute atomic E-state index is 9.57. The molecule has 0 aliphatic carbocycles. The average molecular weight is 520 g/mol. The molecule has 8 heteroatoms. The van der Waals surface area contributed by atoms with E-state index in [1.54, 1.807) is 12.1 Å². The van der Waals surface area contributed by atoms with Crippen molar-refractivity contribution in [2.24, 2.45) is 0 Å². The topological polar surface area (TPSA) is 91.1 Å². The van der Waals surface area contributed by atoms with E-state index in [0.29, 0.717) is 18.5 Å². The van der Waals surface area contributed by atoms with Gasteiger partial charge < -0.3 is 15.7 Å². The number of phenolic OH excluding ortho intramolecular Hbond substituents is 1. The van der Waals surface area contributed by atoms with Gasteiger partial charge in [-0.2, -0.15) is 9.97 Å². The Morgan fingerprint density at radius 3 is 2.28 bits per heavy atom. The number of nitrogens with one attached hydrogen (secondary N) is 2. The number of imidazole rings is 1. The van der Waals surface area contributed by atoms with E-state index in [1.165, 1.54) is 5.56 Å². The fourth-order valence-electron chi connectivity index (χ4n) is 5.11. The van der Waals surface area contributed by atoms with Crippen LogP contribution in [0.1, 0.15) is 24.0 Å². The van der Waals surface area contributed by atoms with Crippen LogP contribution in [-0.4, -0.2) is 55.2 Å². The summed E-state index contributed by atoms with van der Waals surface area (Å²) in [7, 11) is 0. The number of hydrogen-bond acceptors (Lipinski definition) is 7. The Morgan fingerprint density at radius 1 is 0.821 bits per heavy atom. The highest BCUT2D eigenvalue weighted by atomic mass is 16.3. The second-order valence-corrected chi connectivity index (χ2v) is 10.0. The predicted octanol–water partition coefficient (Wildman–Crippen LogP) is 5.25. The Morgan fingerprint density at radius 2 is 1.54 bits per heavy atom. The summed E-state index contributed by atoms with van der Waals surface area (Å²) >= 11 is 0. The highest BCUT2D eigenvalue weighted by molar-refractivity contribution is 5.85. The van der Waals surface area contributed by atoms with Gasteiger partial charge in [-0.25, -0.2) is 4.98 Å². The van der Waals surface area contributed by atoms with E-state index in [2.05, 4.69) is 63.0 Å². The van der Waals surface area contributed by atoms with Gasteiger partial charge in [-0.1, -0.05) is 60.7 Å². The van der Waals surface area contributed by atoms with Gasteiger partial charge in [0.1, 0.15) is 12.1 Å². The summed E-state index contributed by atoms with van der Waals surface area (Å²) in [5.74, 6) is 1.61. The molecule has 8 nitrogen and oxygen atoms in total.